The molecule has 1 saturated heterocycles. The predicted octanol–water partition coefficient (Wildman–Crippen LogP) is 5.03. The van der Waals surface area contributed by atoms with Gasteiger partial charge in [-0.25, -0.2) is 9.69 Å². The number of nitro groups is 2. The summed E-state index contributed by atoms with van der Waals surface area (Å²) in [6.07, 6.45) is 1.29. The minimum atomic E-state index is -0.873. The number of amides is 4. The van der Waals surface area contributed by atoms with E-state index < -0.39 is 39.1 Å². The number of halogens is 1. The lowest BCUT2D eigenvalue weighted by Gasteiger charge is -2.26. The Morgan fingerprint density at radius 3 is 2.27 bits per heavy atom. The van der Waals surface area contributed by atoms with Crippen LogP contribution in [-0.4, -0.2) is 27.7 Å². The van der Waals surface area contributed by atoms with Gasteiger partial charge >= 0.3 is 11.7 Å². The molecule has 0 spiro atoms. The van der Waals surface area contributed by atoms with Crippen LogP contribution in [0.5, 0.6) is 11.5 Å². The number of barbiturate groups is 1. The quantitative estimate of drug-likeness (QED) is 0.188. The van der Waals surface area contributed by atoms with E-state index in [0.717, 1.165) is 33.1 Å². The molecule has 1 aliphatic rings. The van der Waals surface area contributed by atoms with Crippen molar-refractivity contribution in [2.75, 3.05) is 4.90 Å². The minimum Gasteiger partial charge on any atom is -0.450 e. The Hall–Kier alpha value is -4.91. The fourth-order valence-corrected chi connectivity index (χ4v) is 3.68. The molecule has 4 amide bonds. The Morgan fingerprint density at radius 2 is 1.65 bits per heavy atom. The standard InChI is InChI=1S/C24H15BrN4O8/c1-13-10-15(4-8-19(13)25)27-23(31)18(22(30)26-24(27)32)11-14-2-6-17(7-3-14)37-21-9-5-16(28(33)34)12-20(21)29(35)36/h2-12H,1H3,(H,26,30,32)/b18-11+. The zero-order valence-corrected chi connectivity index (χ0v) is 20.4. The van der Waals surface area contributed by atoms with Gasteiger partial charge in [0.2, 0.25) is 5.75 Å². The molecule has 1 fully saturated rings. The number of aryl methyl sites for hydroxylation is 1. The van der Waals surface area contributed by atoms with Crippen molar-refractivity contribution in [1.82, 2.24) is 5.32 Å². The van der Waals surface area contributed by atoms with E-state index in [4.69, 9.17) is 4.74 Å². The lowest BCUT2D eigenvalue weighted by molar-refractivity contribution is -0.394. The second kappa shape index (κ2) is 9.99. The molecule has 0 saturated carbocycles. The van der Waals surface area contributed by atoms with Gasteiger partial charge in [0, 0.05) is 10.5 Å². The molecule has 37 heavy (non-hydrogen) atoms. The number of anilines is 1. The molecule has 0 unspecified atom stereocenters. The minimum absolute atomic E-state index is 0.167. The Bertz CT molecular complexity index is 1520. The zero-order chi connectivity index (χ0) is 26.9. The summed E-state index contributed by atoms with van der Waals surface area (Å²) in [6, 6.07) is 12.8. The number of urea groups is 1. The van der Waals surface area contributed by atoms with E-state index in [1.807, 2.05) is 0 Å². The molecule has 1 N–H and O–H groups in total. The number of nitro benzene ring substituents is 2. The summed E-state index contributed by atoms with van der Waals surface area (Å²) in [5.41, 5.74) is 0.157. The summed E-state index contributed by atoms with van der Waals surface area (Å²) in [7, 11) is 0. The summed E-state index contributed by atoms with van der Waals surface area (Å²) in [4.78, 5) is 59.4. The fourth-order valence-electron chi connectivity index (χ4n) is 3.43. The summed E-state index contributed by atoms with van der Waals surface area (Å²) in [5, 5.41) is 24.4. The number of hydrogen-bond donors (Lipinski definition) is 1. The van der Waals surface area contributed by atoms with Crippen LogP contribution in [0.2, 0.25) is 0 Å². The third-order valence-electron chi connectivity index (χ3n) is 5.27. The van der Waals surface area contributed by atoms with Crippen LogP contribution in [0.4, 0.5) is 21.9 Å². The number of hydrogen-bond acceptors (Lipinski definition) is 8. The Balaban J connectivity index is 1.59. The van der Waals surface area contributed by atoms with Crippen molar-refractivity contribution in [3.8, 4) is 11.5 Å². The normalized spacial score (nSPS) is 14.5. The van der Waals surface area contributed by atoms with E-state index in [-0.39, 0.29) is 22.8 Å². The van der Waals surface area contributed by atoms with Gasteiger partial charge in [0.15, 0.2) is 0 Å². The van der Waals surface area contributed by atoms with E-state index in [0.29, 0.717) is 5.56 Å². The highest BCUT2D eigenvalue weighted by atomic mass is 79.9. The van der Waals surface area contributed by atoms with Crippen molar-refractivity contribution >= 4 is 56.9 Å². The molecule has 3 aromatic carbocycles. The van der Waals surface area contributed by atoms with Crippen molar-refractivity contribution in [3.05, 3.63) is 102 Å². The van der Waals surface area contributed by atoms with Crippen LogP contribution < -0.4 is 15.0 Å². The number of nitrogens with zero attached hydrogens (tertiary/aromatic N) is 3. The summed E-state index contributed by atoms with van der Waals surface area (Å²) >= 11 is 3.36. The number of benzene rings is 3. The number of ether oxygens (including phenoxy) is 1. The summed E-state index contributed by atoms with van der Waals surface area (Å²) in [6.45, 7) is 1.79. The first kappa shape index (κ1) is 25.2. The van der Waals surface area contributed by atoms with Gasteiger partial charge in [-0.05, 0) is 60.5 Å². The van der Waals surface area contributed by atoms with Gasteiger partial charge in [-0.2, -0.15) is 0 Å². The van der Waals surface area contributed by atoms with Crippen LogP contribution in [0.3, 0.4) is 0 Å². The third kappa shape index (κ3) is 5.21. The van der Waals surface area contributed by atoms with Gasteiger partial charge in [0.25, 0.3) is 17.5 Å². The molecule has 0 aromatic heterocycles. The van der Waals surface area contributed by atoms with Crippen LogP contribution in [0.1, 0.15) is 11.1 Å². The summed E-state index contributed by atoms with van der Waals surface area (Å²) in [5.74, 6) is -1.71. The number of carbonyl (C=O) groups excluding carboxylic acids is 3. The first-order chi connectivity index (χ1) is 17.5. The zero-order valence-electron chi connectivity index (χ0n) is 18.8. The monoisotopic (exact) mass is 566 g/mol. The Kier molecular flexibility index (Phi) is 6.80. The van der Waals surface area contributed by atoms with Crippen molar-refractivity contribution in [1.29, 1.82) is 0 Å². The molecule has 12 nitrogen and oxygen atoms in total. The van der Waals surface area contributed by atoms with E-state index in [9.17, 15) is 34.6 Å². The van der Waals surface area contributed by atoms with Crippen LogP contribution in [0.15, 0.2) is 70.7 Å². The number of non-ortho nitro benzene ring substituents is 1. The molecule has 0 atom stereocenters. The average Bonchev–Trinajstić information content (AvgIpc) is 2.84. The highest BCUT2D eigenvalue weighted by molar-refractivity contribution is 9.10. The lowest BCUT2D eigenvalue weighted by atomic mass is 10.1. The molecule has 0 radical (unpaired) electrons. The van der Waals surface area contributed by atoms with Crippen molar-refractivity contribution in [2.24, 2.45) is 0 Å². The number of carbonyl (C=O) groups is 3. The molecule has 0 aliphatic carbocycles. The topological polar surface area (TPSA) is 162 Å². The lowest BCUT2D eigenvalue weighted by Crippen LogP contribution is -2.54. The maximum atomic E-state index is 13.1. The van der Waals surface area contributed by atoms with Crippen LogP contribution in [0, 0.1) is 27.2 Å². The van der Waals surface area contributed by atoms with Gasteiger partial charge < -0.3 is 4.74 Å². The van der Waals surface area contributed by atoms with Crippen LogP contribution in [-0.2, 0) is 9.59 Å². The number of imide groups is 2. The highest BCUT2D eigenvalue weighted by Gasteiger charge is 2.37. The Morgan fingerprint density at radius 1 is 0.946 bits per heavy atom. The van der Waals surface area contributed by atoms with E-state index >= 15 is 0 Å². The first-order valence-electron chi connectivity index (χ1n) is 10.4. The first-order valence-corrected chi connectivity index (χ1v) is 11.2. The largest absolute Gasteiger partial charge is 0.450 e. The van der Waals surface area contributed by atoms with Gasteiger partial charge in [0.05, 0.1) is 21.6 Å². The average molecular weight is 567 g/mol. The second-order valence-corrected chi connectivity index (χ2v) is 8.58. The maximum Gasteiger partial charge on any atom is 0.335 e. The highest BCUT2D eigenvalue weighted by Crippen LogP contribution is 2.34. The Labute approximate surface area is 216 Å². The molecule has 186 valence electrons. The molecule has 3 aromatic rings. The van der Waals surface area contributed by atoms with Gasteiger partial charge in [-0.15, -0.1) is 0 Å². The number of nitrogens with one attached hydrogen (secondary N) is 1. The number of rotatable bonds is 6. The van der Waals surface area contributed by atoms with Crippen molar-refractivity contribution in [3.63, 3.8) is 0 Å². The SMILES string of the molecule is Cc1cc(N2C(=O)NC(=O)/C(=C\c3ccc(Oc4ccc([N+](=O)[O-])cc4[N+](=O)[O-])cc3)C2=O)ccc1Br. The summed E-state index contributed by atoms with van der Waals surface area (Å²) < 4.78 is 6.30. The molecular weight excluding hydrogens is 552 g/mol. The van der Waals surface area contributed by atoms with E-state index in [2.05, 4.69) is 21.2 Å². The van der Waals surface area contributed by atoms with Crippen LogP contribution in [0.25, 0.3) is 6.08 Å². The molecule has 4 rings (SSSR count). The second-order valence-electron chi connectivity index (χ2n) is 7.73. The predicted molar refractivity (Wildman–Crippen MR) is 134 cm³/mol. The van der Waals surface area contributed by atoms with Gasteiger partial charge in [-0.3, -0.25) is 35.1 Å². The molecule has 1 aliphatic heterocycles. The molecular formula is C24H15BrN4O8. The van der Waals surface area contributed by atoms with Crippen molar-refractivity contribution in [2.45, 2.75) is 6.92 Å². The fraction of sp³-hybridized carbons (Fsp3) is 0.0417. The smallest absolute Gasteiger partial charge is 0.335 e. The molecule has 13 heteroatoms. The van der Waals surface area contributed by atoms with Gasteiger partial charge in [-0.1, -0.05) is 28.1 Å². The third-order valence-corrected chi connectivity index (χ3v) is 6.16. The van der Waals surface area contributed by atoms with Crippen LogP contribution >= 0.6 is 15.9 Å². The molecule has 0 bridgehead atoms. The van der Waals surface area contributed by atoms with Crippen molar-refractivity contribution < 1.29 is 29.0 Å². The van der Waals surface area contributed by atoms with Gasteiger partial charge in [0.1, 0.15) is 11.3 Å². The maximum absolute atomic E-state index is 13.1. The van der Waals surface area contributed by atoms with E-state index in [1.54, 1.807) is 25.1 Å². The molecule has 1 heterocycles. The van der Waals surface area contributed by atoms with E-state index in [1.165, 1.54) is 30.3 Å².